The first-order valence-electron chi connectivity index (χ1n) is 6.68. The Labute approximate surface area is 119 Å². The molecule has 0 fully saturated rings. The highest BCUT2D eigenvalue weighted by Gasteiger charge is 2.25. The smallest absolute Gasteiger partial charge is 0.119 e. The van der Waals surface area contributed by atoms with E-state index in [4.69, 9.17) is 4.74 Å². The van der Waals surface area contributed by atoms with Crippen molar-refractivity contribution in [3.05, 3.63) is 59.7 Å². The van der Waals surface area contributed by atoms with E-state index in [-0.39, 0.29) is 11.9 Å². The van der Waals surface area contributed by atoms with Crippen LogP contribution >= 0.6 is 0 Å². The Kier molecular flexibility index (Phi) is 4.00. The van der Waals surface area contributed by atoms with Crippen LogP contribution < -0.4 is 4.74 Å². The normalized spacial score (nSPS) is 14.1. The van der Waals surface area contributed by atoms with Crippen molar-refractivity contribution in [2.24, 2.45) is 0 Å². The van der Waals surface area contributed by atoms with Crippen LogP contribution in [0, 0.1) is 0 Å². The summed E-state index contributed by atoms with van der Waals surface area (Å²) in [5.41, 5.74) is 0.400. The predicted molar refractivity (Wildman–Crippen MR) is 79.0 cm³/mol. The number of phenolic OH excluding ortho intramolecular Hbond substituents is 1. The lowest BCUT2D eigenvalue weighted by Crippen LogP contribution is -2.22. The molecule has 0 bridgehead atoms. The minimum atomic E-state index is -1.11. The number of phenols is 1. The monoisotopic (exact) mass is 272 g/mol. The van der Waals surface area contributed by atoms with E-state index >= 15 is 0 Å². The van der Waals surface area contributed by atoms with E-state index in [0.717, 1.165) is 16.9 Å². The van der Waals surface area contributed by atoms with Gasteiger partial charge in [-0.25, -0.2) is 0 Å². The lowest BCUT2D eigenvalue weighted by atomic mass is 9.88. The van der Waals surface area contributed by atoms with Crippen LogP contribution in [0.5, 0.6) is 11.5 Å². The number of hydrogen-bond acceptors (Lipinski definition) is 3. The fourth-order valence-electron chi connectivity index (χ4n) is 2.08. The molecule has 1 unspecified atom stereocenters. The number of hydrogen-bond donors (Lipinski definition) is 2. The summed E-state index contributed by atoms with van der Waals surface area (Å²) in [5.74, 6) is 0.968. The van der Waals surface area contributed by atoms with E-state index in [1.807, 2.05) is 38.1 Å². The van der Waals surface area contributed by atoms with Crippen molar-refractivity contribution >= 4 is 0 Å². The standard InChI is InChI=1S/C17H20O3/c1-12(2)20-16-10-6-14(7-11-16)17(3,19)13-4-8-15(18)9-5-13/h4-12,18-19H,1-3H3. The minimum absolute atomic E-state index is 0.124. The molecule has 0 aromatic heterocycles. The zero-order valence-electron chi connectivity index (χ0n) is 12.0. The van der Waals surface area contributed by atoms with Crippen molar-refractivity contribution in [1.29, 1.82) is 0 Å². The average molecular weight is 272 g/mol. The predicted octanol–water partition coefficient (Wildman–Crippen LogP) is 3.44. The van der Waals surface area contributed by atoms with Crippen molar-refractivity contribution in [1.82, 2.24) is 0 Å². The molecule has 0 aliphatic carbocycles. The highest BCUT2D eigenvalue weighted by Crippen LogP contribution is 2.31. The third-order valence-electron chi connectivity index (χ3n) is 3.22. The van der Waals surface area contributed by atoms with Crippen molar-refractivity contribution in [3.63, 3.8) is 0 Å². The number of rotatable bonds is 4. The van der Waals surface area contributed by atoms with Gasteiger partial charge in [0, 0.05) is 0 Å². The Bertz CT molecular complexity index is 554. The Morgan fingerprint density at radius 3 is 1.80 bits per heavy atom. The van der Waals surface area contributed by atoms with E-state index in [0.29, 0.717) is 0 Å². The SMILES string of the molecule is CC(C)Oc1ccc(C(C)(O)c2ccc(O)cc2)cc1. The van der Waals surface area contributed by atoms with E-state index in [9.17, 15) is 10.2 Å². The molecule has 0 radical (unpaired) electrons. The summed E-state index contributed by atoms with van der Waals surface area (Å²) < 4.78 is 5.59. The van der Waals surface area contributed by atoms with Crippen LogP contribution in [0.25, 0.3) is 0 Å². The molecule has 1 atom stereocenters. The van der Waals surface area contributed by atoms with Gasteiger partial charge in [-0.05, 0) is 56.2 Å². The molecule has 0 heterocycles. The van der Waals surface area contributed by atoms with Gasteiger partial charge in [-0.1, -0.05) is 24.3 Å². The molecule has 106 valence electrons. The zero-order valence-corrected chi connectivity index (χ0v) is 12.0. The highest BCUT2D eigenvalue weighted by molar-refractivity contribution is 5.39. The van der Waals surface area contributed by atoms with E-state index < -0.39 is 5.60 Å². The molecule has 2 aromatic carbocycles. The first-order valence-corrected chi connectivity index (χ1v) is 6.68. The molecule has 20 heavy (non-hydrogen) atoms. The van der Waals surface area contributed by atoms with Gasteiger partial charge in [-0.15, -0.1) is 0 Å². The van der Waals surface area contributed by atoms with Crippen LogP contribution in [0.4, 0.5) is 0 Å². The van der Waals surface area contributed by atoms with Crippen LogP contribution in [-0.4, -0.2) is 16.3 Å². The summed E-state index contributed by atoms with van der Waals surface area (Å²) in [7, 11) is 0. The van der Waals surface area contributed by atoms with E-state index in [2.05, 4.69) is 0 Å². The summed E-state index contributed by atoms with van der Waals surface area (Å²) in [5, 5.41) is 20.0. The average Bonchev–Trinajstić information content (AvgIpc) is 2.39. The number of aliphatic hydroxyl groups is 1. The van der Waals surface area contributed by atoms with Gasteiger partial charge in [-0.3, -0.25) is 0 Å². The topological polar surface area (TPSA) is 49.7 Å². The van der Waals surface area contributed by atoms with Crippen LogP contribution in [-0.2, 0) is 5.60 Å². The molecule has 0 spiro atoms. The summed E-state index contributed by atoms with van der Waals surface area (Å²) >= 11 is 0. The van der Waals surface area contributed by atoms with Crippen LogP contribution in [0.3, 0.4) is 0 Å². The summed E-state index contributed by atoms with van der Waals surface area (Å²) in [6.07, 6.45) is 0.124. The van der Waals surface area contributed by atoms with Gasteiger partial charge in [-0.2, -0.15) is 0 Å². The second-order valence-corrected chi connectivity index (χ2v) is 5.31. The molecule has 0 amide bonds. The second kappa shape index (κ2) is 5.55. The zero-order chi connectivity index (χ0) is 14.8. The number of benzene rings is 2. The third-order valence-corrected chi connectivity index (χ3v) is 3.22. The molecule has 0 saturated carbocycles. The summed E-state index contributed by atoms with van der Waals surface area (Å²) in [6, 6.07) is 14.0. The van der Waals surface area contributed by atoms with Crippen LogP contribution in [0.15, 0.2) is 48.5 Å². The first kappa shape index (κ1) is 14.4. The van der Waals surface area contributed by atoms with Gasteiger partial charge in [0.1, 0.15) is 17.1 Å². The molecular weight excluding hydrogens is 252 g/mol. The van der Waals surface area contributed by atoms with Gasteiger partial charge in [0.2, 0.25) is 0 Å². The Hall–Kier alpha value is -2.00. The van der Waals surface area contributed by atoms with Crippen molar-refractivity contribution in [3.8, 4) is 11.5 Å². The molecule has 0 aliphatic heterocycles. The molecule has 2 N–H and O–H groups in total. The van der Waals surface area contributed by atoms with E-state index in [1.165, 1.54) is 0 Å². The first-order chi connectivity index (χ1) is 9.39. The summed E-state index contributed by atoms with van der Waals surface area (Å²) in [6.45, 7) is 5.68. The lowest BCUT2D eigenvalue weighted by molar-refractivity contribution is 0.102. The number of ether oxygens (including phenoxy) is 1. The van der Waals surface area contributed by atoms with Gasteiger partial charge < -0.3 is 14.9 Å². The Balaban J connectivity index is 2.27. The van der Waals surface area contributed by atoms with Crippen molar-refractivity contribution in [2.75, 3.05) is 0 Å². The fraction of sp³-hybridized carbons (Fsp3) is 0.294. The molecule has 2 aromatic rings. The van der Waals surface area contributed by atoms with E-state index in [1.54, 1.807) is 31.2 Å². The molecule has 3 heteroatoms. The van der Waals surface area contributed by atoms with Crippen LogP contribution in [0.1, 0.15) is 31.9 Å². The quantitative estimate of drug-likeness (QED) is 0.896. The van der Waals surface area contributed by atoms with Crippen molar-refractivity contribution < 1.29 is 14.9 Å². The largest absolute Gasteiger partial charge is 0.508 e. The van der Waals surface area contributed by atoms with Gasteiger partial charge in [0.05, 0.1) is 6.10 Å². The van der Waals surface area contributed by atoms with Crippen molar-refractivity contribution in [2.45, 2.75) is 32.5 Å². The lowest BCUT2D eigenvalue weighted by Gasteiger charge is -2.25. The summed E-state index contributed by atoms with van der Waals surface area (Å²) in [4.78, 5) is 0. The molecule has 2 rings (SSSR count). The maximum absolute atomic E-state index is 10.7. The molecular formula is C17H20O3. The Morgan fingerprint density at radius 2 is 1.35 bits per heavy atom. The highest BCUT2D eigenvalue weighted by atomic mass is 16.5. The number of aromatic hydroxyl groups is 1. The minimum Gasteiger partial charge on any atom is -0.508 e. The maximum atomic E-state index is 10.7. The molecule has 3 nitrogen and oxygen atoms in total. The molecule has 0 aliphatic rings. The maximum Gasteiger partial charge on any atom is 0.119 e. The Morgan fingerprint density at radius 1 is 0.900 bits per heavy atom. The van der Waals surface area contributed by atoms with Gasteiger partial charge in [0.25, 0.3) is 0 Å². The third kappa shape index (κ3) is 3.11. The van der Waals surface area contributed by atoms with Gasteiger partial charge in [0.15, 0.2) is 0 Å². The molecule has 0 saturated heterocycles. The van der Waals surface area contributed by atoms with Gasteiger partial charge >= 0.3 is 0 Å². The fourth-order valence-corrected chi connectivity index (χ4v) is 2.08. The second-order valence-electron chi connectivity index (χ2n) is 5.31. The van der Waals surface area contributed by atoms with Crippen LogP contribution in [0.2, 0.25) is 0 Å².